The predicted octanol–water partition coefficient (Wildman–Crippen LogP) is 2.08. The van der Waals surface area contributed by atoms with Gasteiger partial charge in [-0.2, -0.15) is 0 Å². The first-order chi connectivity index (χ1) is 8.88. The first kappa shape index (κ1) is 13.5. The van der Waals surface area contributed by atoms with Gasteiger partial charge in [0.05, 0.1) is 16.7 Å². The highest BCUT2D eigenvalue weighted by Crippen LogP contribution is 2.18. The SMILES string of the molecule is CN(CC(C)(C)O)C(=O)c1cccc2cccnc12. The number of rotatable bonds is 3. The summed E-state index contributed by atoms with van der Waals surface area (Å²) in [7, 11) is 1.68. The van der Waals surface area contributed by atoms with Crippen LogP contribution in [0.2, 0.25) is 0 Å². The molecule has 4 heteroatoms. The molecule has 1 N–H and O–H groups in total. The van der Waals surface area contributed by atoms with Gasteiger partial charge in [0.15, 0.2) is 0 Å². The van der Waals surface area contributed by atoms with Crippen molar-refractivity contribution >= 4 is 16.8 Å². The van der Waals surface area contributed by atoms with E-state index in [0.29, 0.717) is 11.1 Å². The topological polar surface area (TPSA) is 53.4 Å². The van der Waals surface area contributed by atoms with Crippen LogP contribution in [-0.2, 0) is 0 Å². The molecule has 1 heterocycles. The van der Waals surface area contributed by atoms with Gasteiger partial charge in [0, 0.05) is 25.2 Å². The van der Waals surface area contributed by atoms with Crippen LogP contribution in [0.15, 0.2) is 36.5 Å². The summed E-state index contributed by atoms with van der Waals surface area (Å²) in [5.41, 5.74) is 0.338. The number of fused-ring (bicyclic) bond motifs is 1. The van der Waals surface area contributed by atoms with Crippen molar-refractivity contribution in [2.45, 2.75) is 19.4 Å². The molecule has 0 fully saturated rings. The van der Waals surface area contributed by atoms with E-state index in [0.717, 1.165) is 5.39 Å². The fourth-order valence-electron chi connectivity index (χ4n) is 2.13. The summed E-state index contributed by atoms with van der Waals surface area (Å²) in [5.74, 6) is -0.133. The van der Waals surface area contributed by atoms with Gasteiger partial charge < -0.3 is 10.0 Å². The van der Waals surface area contributed by atoms with Gasteiger partial charge in [0.25, 0.3) is 5.91 Å². The number of aromatic nitrogens is 1. The van der Waals surface area contributed by atoms with Gasteiger partial charge in [-0.15, -0.1) is 0 Å². The molecule has 0 saturated heterocycles. The fraction of sp³-hybridized carbons (Fsp3) is 0.333. The lowest BCUT2D eigenvalue weighted by atomic mass is 10.1. The van der Waals surface area contributed by atoms with Gasteiger partial charge in [-0.25, -0.2) is 0 Å². The zero-order valence-electron chi connectivity index (χ0n) is 11.4. The molecule has 4 nitrogen and oxygen atoms in total. The van der Waals surface area contributed by atoms with Crippen LogP contribution in [0.3, 0.4) is 0 Å². The number of para-hydroxylation sites is 1. The Balaban J connectivity index is 2.36. The Labute approximate surface area is 112 Å². The molecular weight excluding hydrogens is 240 g/mol. The van der Waals surface area contributed by atoms with E-state index in [1.807, 2.05) is 24.3 Å². The van der Waals surface area contributed by atoms with E-state index in [2.05, 4.69) is 4.98 Å². The molecule has 1 amide bonds. The average molecular weight is 258 g/mol. The average Bonchev–Trinajstić information content (AvgIpc) is 2.35. The number of benzene rings is 1. The van der Waals surface area contributed by atoms with E-state index in [-0.39, 0.29) is 12.5 Å². The number of nitrogens with zero attached hydrogens (tertiary/aromatic N) is 2. The first-order valence-corrected chi connectivity index (χ1v) is 6.20. The lowest BCUT2D eigenvalue weighted by molar-refractivity contribution is 0.0369. The molecule has 2 rings (SSSR count). The van der Waals surface area contributed by atoms with E-state index >= 15 is 0 Å². The Bertz CT molecular complexity index is 597. The zero-order valence-corrected chi connectivity index (χ0v) is 11.4. The van der Waals surface area contributed by atoms with Gasteiger partial charge in [0.1, 0.15) is 0 Å². The second-order valence-electron chi connectivity index (χ2n) is 5.35. The Morgan fingerprint density at radius 2 is 2.00 bits per heavy atom. The minimum absolute atomic E-state index is 0.133. The Kier molecular flexibility index (Phi) is 3.53. The maximum atomic E-state index is 12.4. The third kappa shape index (κ3) is 3.09. The lowest BCUT2D eigenvalue weighted by Crippen LogP contribution is -2.39. The van der Waals surface area contributed by atoms with Crippen molar-refractivity contribution < 1.29 is 9.90 Å². The van der Waals surface area contributed by atoms with Gasteiger partial charge in [-0.05, 0) is 26.0 Å². The van der Waals surface area contributed by atoms with Crippen molar-refractivity contribution in [3.63, 3.8) is 0 Å². The maximum absolute atomic E-state index is 12.4. The van der Waals surface area contributed by atoms with Gasteiger partial charge in [0.2, 0.25) is 0 Å². The van der Waals surface area contributed by atoms with Crippen LogP contribution in [0.1, 0.15) is 24.2 Å². The number of carbonyl (C=O) groups is 1. The zero-order chi connectivity index (χ0) is 14.0. The number of amides is 1. The van der Waals surface area contributed by atoms with Gasteiger partial charge in [-0.1, -0.05) is 18.2 Å². The van der Waals surface area contributed by atoms with Crippen LogP contribution in [0.25, 0.3) is 10.9 Å². The van der Waals surface area contributed by atoms with E-state index in [4.69, 9.17) is 0 Å². The Morgan fingerprint density at radius 3 is 2.68 bits per heavy atom. The first-order valence-electron chi connectivity index (χ1n) is 6.20. The second-order valence-corrected chi connectivity index (χ2v) is 5.35. The summed E-state index contributed by atoms with van der Waals surface area (Å²) in [6, 6.07) is 9.30. The molecule has 0 atom stereocenters. The number of hydrogen-bond acceptors (Lipinski definition) is 3. The van der Waals surface area contributed by atoms with Crippen LogP contribution in [0.4, 0.5) is 0 Å². The summed E-state index contributed by atoms with van der Waals surface area (Å²) in [5, 5.41) is 10.7. The van der Waals surface area contributed by atoms with Crippen LogP contribution < -0.4 is 0 Å². The minimum Gasteiger partial charge on any atom is -0.389 e. The molecule has 0 saturated carbocycles. The summed E-state index contributed by atoms with van der Waals surface area (Å²) in [6.07, 6.45) is 1.68. The molecular formula is C15H18N2O2. The van der Waals surface area contributed by atoms with Gasteiger partial charge in [-0.3, -0.25) is 9.78 Å². The molecule has 19 heavy (non-hydrogen) atoms. The van der Waals surface area contributed by atoms with Crippen molar-refractivity contribution in [3.8, 4) is 0 Å². The number of hydrogen-bond donors (Lipinski definition) is 1. The lowest BCUT2D eigenvalue weighted by Gasteiger charge is -2.25. The maximum Gasteiger partial charge on any atom is 0.255 e. The predicted molar refractivity (Wildman–Crippen MR) is 75.0 cm³/mol. The van der Waals surface area contributed by atoms with E-state index in [1.165, 1.54) is 4.90 Å². The molecule has 2 aromatic rings. The molecule has 0 unspecified atom stereocenters. The highest BCUT2D eigenvalue weighted by Gasteiger charge is 2.21. The van der Waals surface area contributed by atoms with Crippen molar-refractivity contribution in [1.82, 2.24) is 9.88 Å². The molecule has 1 aromatic heterocycles. The van der Waals surface area contributed by atoms with E-state index in [9.17, 15) is 9.90 Å². The molecule has 0 radical (unpaired) electrons. The molecule has 100 valence electrons. The van der Waals surface area contributed by atoms with Crippen molar-refractivity contribution in [2.24, 2.45) is 0 Å². The largest absolute Gasteiger partial charge is 0.389 e. The molecule has 1 aromatic carbocycles. The van der Waals surface area contributed by atoms with Crippen LogP contribution in [-0.4, -0.2) is 40.1 Å². The molecule has 0 aliphatic carbocycles. The molecule has 0 aliphatic heterocycles. The number of carbonyl (C=O) groups excluding carboxylic acids is 1. The Hall–Kier alpha value is -1.94. The van der Waals surface area contributed by atoms with Crippen molar-refractivity contribution in [3.05, 3.63) is 42.1 Å². The van der Waals surface area contributed by atoms with E-state index in [1.54, 1.807) is 33.2 Å². The summed E-state index contributed by atoms with van der Waals surface area (Å²) in [6.45, 7) is 3.63. The van der Waals surface area contributed by atoms with Crippen molar-refractivity contribution in [1.29, 1.82) is 0 Å². The third-order valence-corrected chi connectivity index (χ3v) is 2.83. The summed E-state index contributed by atoms with van der Waals surface area (Å²) < 4.78 is 0. The number of aliphatic hydroxyl groups is 1. The fourth-order valence-corrected chi connectivity index (χ4v) is 2.13. The van der Waals surface area contributed by atoms with Crippen LogP contribution >= 0.6 is 0 Å². The molecule has 0 aliphatic rings. The highest BCUT2D eigenvalue weighted by molar-refractivity contribution is 6.05. The summed E-state index contributed by atoms with van der Waals surface area (Å²) >= 11 is 0. The third-order valence-electron chi connectivity index (χ3n) is 2.83. The minimum atomic E-state index is -0.914. The quantitative estimate of drug-likeness (QED) is 0.917. The second kappa shape index (κ2) is 4.97. The Morgan fingerprint density at radius 1 is 1.32 bits per heavy atom. The smallest absolute Gasteiger partial charge is 0.255 e. The number of likely N-dealkylation sites (N-methyl/N-ethyl adjacent to an activating group) is 1. The van der Waals surface area contributed by atoms with Crippen molar-refractivity contribution in [2.75, 3.05) is 13.6 Å². The van der Waals surface area contributed by atoms with Crippen LogP contribution in [0.5, 0.6) is 0 Å². The summed E-state index contributed by atoms with van der Waals surface area (Å²) in [4.78, 5) is 18.2. The van der Waals surface area contributed by atoms with Crippen LogP contribution in [0, 0.1) is 0 Å². The normalized spacial score (nSPS) is 11.6. The standard InChI is InChI=1S/C15H18N2O2/c1-15(2,19)10-17(3)14(18)12-8-4-6-11-7-5-9-16-13(11)12/h4-9,19H,10H2,1-3H3. The van der Waals surface area contributed by atoms with E-state index < -0.39 is 5.60 Å². The molecule has 0 bridgehead atoms. The monoisotopic (exact) mass is 258 g/mol. The van der Waals surface area contributed by atoms with Gasteiger partial charge >= 0.3 is 0 Å². The highest BCUT2D eigenvalue weighted by atomic mass is 16.3. The molecule has 0 spiro atoms. The number of pyridine rings is 1.